The highest BCUT2D eigenvalue weighted by atomic mass is 28.3. The Morgan fingerprint density at radius 2 is 1.35 bits per heavy atom. The average molecular weight is 433 g/mol. The second-order valence-electron chi connectivity index (χ2n) is 11.1. The van der Waals surface area contributed by atoms with Crippen LogP contribution in [-0.4, -0.2) is 18.0 Å². The van der Waals surface area contributed by atoms with E-state index in [-0.39, 0.29) is 5.41 Å². The SMILES string of the molecule is CC(C)[Si](Cc1nc(-c2ccccc2)nc2ccc(C(C)(C)C)cc12)(C(C)C)C(C)C. The van der Waals surface area contributed by atoms with Gasteiger partial charge in [0.15, 0.2) is 5.82 Å². The van der Waals surface area contributed by atoms with E-state index in [1.807, 2.05) is 0 Å². The fraction of sp³-hybridized carbons (Fsp3) is 0.500. The zero-order valence-corrected chi connectivity index (χ0v) is 22.0. The molecule has 0 fully saturated rings. The number of aromatic nitrogens is 2. The summed E-state index contributed by atoms with van der Waals surface area (Å²) in [6.45, 7) is 21.5. The van der Waals surface area contributed by atoms with E-state index in [4.69, 9.17) is 9.97 Å². The van der Waals surface area contributed by atoms with Crippen LogP contribution in [0.2, 0.25) is 16.6 Å². The molecular weight excluding hydrogens is 392 g/mol. The third-order valence-electron chi connectivity index (χ3n) is 7.37. The van der Waals surface area contributed by atoms with Gasteiger partial charge in [0.1, 0.15) is 0 Å². The van der Waals surface area contributed by atoms with Crippen LogP contribution in [0.3, 0.4) is 0 Å². The lowest BCUT2D eigenvalue weighted by Gasteiger charge is -2.43. The molecule has 1 aromatic heterocycles. The van der Waals surface area contributed by atoms with Crippen molar-refractivity contribution in [1.82, 2.24) is 9.97 Å². The highest BCUT2D eigenvalue weighted by molar-refractivity contribution is 6.83. The van der Waals surface area contributed by atoms with Gasteiger partial charge in [-0.25, -0.2) is 9.97 Å². The molecule has 0 bridgehead atoms. The van der Waals surface area contributed by atoms with Gasteiger partial charge in [-0.1, -0.05) is 115 Å². The van der Waals surface area contributed by atoms with Gasteiger partial charge in [-0.15, -0.1) is 0 Å². The number of fused-ring (bicyclic) bond motifs is 1. The van der Waals surface area contributed by atoms with Crippen molar-refractivity contribution in [2.45, 2.75) is 90.4 Å². The first kappa shape index (κ1) is 23.7. The fourth-order valence-corrected chi connectivity index (χ4v) is 11.5. The van der Waals surface area contributed by atoms with Crippen molar-refractivity contribution >= 4 is 19.0 Å². The molecule has 0 atom stereocenters. The first-order valence-corrected chi connectivity index (χ1v) is 14.3. The Balaban J connectivity index is 2.29. The minimum atomic E-state index is -1.66. The lowest BCUT2D eigenvalue weighted by atomic mass is 9.86. The molecule has 0 saturated carbocycles. The average Bonchev–Trinajstić information content (AvgIpc) is 2.70. The first-order valence-electron chi connectivity index (χ1n) is 11.8. The highest BCUT2D eigenvalue weighted by Gasteiger charge is 2.43. The van der Waals surface area contributed by atoms with Gasteiger partial charge in [-0.05, 0) is 29.2 Å². The molecule has 31 heavy (non-hydrogen) atoms. The van der Waals surface area contributed by atoms with Gasteiger partial charge < -0.3 is 0 Å². The summed E-state index contributed by atoms with van der Waals surface area (Å²) < 4.78 is 0. The van der Waals surface area contributed by atoms with Crippen LogP contribution in [0.15, 0.2) is 48.5 Å². The second kappa shape index (κ2) is 8.86. The zero-order chi connectivity index (χ0) is 23.0. The van der Waals surface area contributed by atoms with Gasteiger partial charge in [0.2, 0.25) is 0 Å². The molecule has 0 aliphatic carbocycles. The van der Waals surface area contributed by atoms with Crippen LogP contribution in [0.25, 0.3) is 22.3 Å². The molecule has 2 aromatic carbocycles. The predicted molar refractivity (Wildman–Crippen MR) is 138 cm³/mol. The summed E-state index contributed by atoms with van der Waals surface area (Å²) in [6, 6.07) is 18.3. The Labute approximate surface area is 190 Å². The quantitative estimate of drug-likeness (QED) is 0.366. The molecule has 0 amide bonds. The van der Waals surface area contributed by atoms with Crippen LogP contribution >= 0.6 is 0 Å². The standard InChI is InChI=1S/C28H40N2Si/c1-19(2)31(20(3)4,21(5)6)18-26-24-17-23(28(7,8)9)15-16-25(24)29-27(30-26)22-13-11-10-12-14-22/h10-17,19-21H,18H2,1-9H3. The fourth-order valence-electron chi connectivity index (χ4n) is 5.41. The molecule has 0 aliphatic rings. The van der Waals surface area contributed by atoms with Crippen molar-refractivity contribution in [3.8, 4) is 11.4 Å². The molecule has 3 aromatic rings. The van der Waals surface area contributed by atoms with Gasteiger partial charge >= 0.3 is 0 Å². The number of nitrogens with zero attached hydrogens (tertiary/aromatic N) is 2. The molecule has 2 nitrogen and oxygen atoms in total. The molecule has 0 spiro atoms. The highest BCUT2D eigenvalue weighted by Crippen LogP contribution is 2.44. The zero-order valence-electron chi connectivity index (χ0n) is 21.0. The first-order chi connectivity index (χ1) is 14.5. The number of benzene rings is 2. The second-order valence-corrected chi connectivity index (χ2v) is 17.1. The van der Waals surface area contributed by atoms with Crippen molar-refractivity contribution in [3.63, 3.8) is 0 Å². The summed E-state index contributed by atoms with van der Waals surface area (Å²) in [6.07, 6.45) is 0. The van der Waals surface area contributed by atoms with Crippen LogP contribution in [0.5, 0.6) is 0 Å². The van der Waals surface area contributed by atoms with Crippen LogP contribution in [0.4, 0.5) is 0 Å². The third kappa shape index (κ3) is 4.62. The minimum absolute atomic E-state index is 0.103. The van der Waals surface area contributed by atoms with Crippen LogP contribution in [0, 0.1) is 0 Å². The molecule has 0 unspecified atom stereocenters. The monoisotopic (exact) mass is 432 g/mol. The van der Waals surface area contributed by atoms with E-state index in [1.54, 1.807) is 0 Å². The number of hydrogen-bond donors (Lipinski definition) is 0. The molecule has 0 aliphatic heterocycles. The van der Waals surface area contributed by atoms with E-state index in [1.165, 1.54) is 16.6 Å². The van der Waals surface area contributed by atoms with E-state index in [9.17, 15) is 0 Å². The van der Waals surface area contributed by atoms with E-state index >= 15 is 0 Å². The molecular formula is C28H40N2Si. The molecule has 3 heteroatoms. The van der Waals surface area contributed by atoms with Crippen molar-refractivity contribution < 1.29 is 0 Å². The van der Waals surface area contributed by atoms with Gasteiger partial charge in [-0.2, -0.15) is 0 Å². The minimum Gasteiger partial charge on any atom is -0.233 e. The van der Waals surface area contributed by atoms with E-state index in [2.05, 4.69) is 111 Å². The Morgan fingerprint density at radius 3 is 1.87 bits per heavy atom. The van der Waals surface area contributed by atoms with Crippen LogP contribution in [0.1, 0.15) is 73.6 Å². The number of rotatable bonds is 6. The van der Waals surface area contributed by atoms with E-state index < -0.39 is 8.07 Å². The lowest BCUT2D eigenvalue weighted by molar-refractivity contribution is 0.591. The summed E-state index contributed by atoms with van der Waals surface area (Å²) in [5.74, 6) is 0.853. The molecule has 0 radical (unpaired) electrons. The topological polar surface area (TPSA) is 25.8 Å². The van der Waals surface area contributed by atoms with Crippen molar-refractivity contribution in [2.24, 2.45) is 0 Å². The van der Waals surface area contributed by atoms with Crippen molar-refractivity contribution in [1.29, 1.82) is 0 Å². The van der Waals surface area contributed by atoms with Gasteiger partial charge in [-0.3, -0.25) is 0 Å². The normalized spacial score (nSPS) is 13.0. The van der Waals surface area contributed by atoms with E-state index in [0.717, 1.165) is 22.9 Å². The Morgan fingerprint density at radius 1 is 0.774 bits per heavy atom. The Kier molecular flexibility index (Phi) is 6.76. The molecule has 3 rings (SSSR count). The van der Waals surface area contributed by atoms with Crippen LogP contribution < -0.4 is 0 Å². The third-order valence-corrected chi connectivity index (χ3v) is 14.8. The maximum Gasteiger partial charge on any atom is 0.160 e. The largest absolute Gasteiger partial charge is 0.233 e. The summed E-state index contributed by atoms with van der Waals surface area (Å²) in [4.78, 5) is 10.2. The molecule has 0 N–H and O–H groups in total. The summed E-state index contributed by atoms with van der Waals surface area (Å²) in [5.41, 5.74) is 6.95. The molecule has 1 heterocycles. The van der Waals surface area contributed by atoms with E-state index in [0.29, 0.717) is 16.6 Å². The van der Waals surface area contributed by atoms with Gasteiger partial charge in [0.05, 0.1) is 13.6 Å². The van der Waals surface area contributed by atoms with Gasteiger partial charge in [0, 0.05) is 16.6 Å². The predicted octanol–water partition coefficient (Wildman–Crippen LogP) is 8.35. The summed E-state index contributed by atoms with van der Waals surface area (Å²) >= 11 is 0. The van der Waals surface area contributed by atoms with Gasteiger partial charge in [0.25, 0.3) is 0 Å². The smallest absolute Gasteiger partial charge is 0.160 e. The molecule has 0 saturated heterocycles. The van der Waals surface area contributed by atoms with Crippen molar-refractivity contribution in [3.05, 3.63) is 59.8 Å². The Hall–Kier alpha value is -2.00. The summed E-state index contributed by atoms with van der Waals surface area (Å²) in [7, 11) is -1.66. The maximum absolute atomic E-state index is 5.25. The Bertz CT molecular complexity index is 1010. The maximum atomic E-state index is 5.25. The van der Waals surface area contributed by atoms with Crippen LogP contribution in [-0.2, 0) is 11.5 Å². The number of hydrogen-bond acceptors (Lipinski definition) is 2. The molecule has 166 valence electrons. The van der Waals surface area contributed by atoms with Crippen molar-refractivity contribution in [2.75, 3.05) is 0 Å². The lowest BCUT2D eigenvalue weighted by Crippen LogP contribution is -2.47. The summed E-state index contributed by atoms with van der Waals surface area (Å²) in [5, 5.41) is 1.24.